The molecule has 0 aliphatic rings. The molecule has 0 aliphatic carbocycles. The molecule has 0 saturated carbocycles. The van der Waals surface area contributed by atoms with Gasteiger partial charge in [0.1, 0.15) is 5.15 Å². The molecule has 1 aromatic carbocycles. The van der Waals surface area contributed by atoms with Gasteiger partial charge in [0.25, 0.3) is 0 Å². The van der Waals surface area contributed by atoms with E-state index in [1.54, 1.807) is 12.1 Å². The maximum absolute atomic E-state index is 12.7. The molecule has 1 nitrogen and oxygen atoms in total. The molecule has 0 bridgehead atoms. The molecule has 0 saturated heterocycles. The van der Waals surface area contributed by atoms with Crippen LogP contribution in [0, 0.1) is 0 Å². The molecule has 1 heterocycles. The quantitative estimate of drug-likeness (QED) is 0.712. The Kier molecular flexibility index (Phi) is 4.02. The van der Waals surface area contributed by atoms with Crippen molar-refractivity contribution in [1.29, 1.82) is 0 Å². The highest BCUT2D eigenvalue weighted by Crippen LogP contribution is 2.32. The monoisotopic (exact) mass is 305 g/mol. The van der Waals surface area contributed by atoms with Crippen LogP contribution in [0.4, 0.5) is 13.2 Å². The first-order valence-corrected chi connectivity index (χ1v) is 6.07. The molecule has 100 valence electrons. The summed E-state index contributed by atoms with van der Waals surface area (Å²) >= 11 is 11.4. The summed E-state index contributed by atoms with van der Waals surface area (Å²) in [6, 6.07) is 6.80. The van der Waals surface area contributed by atoms with E-state index in [1.165, 1.54) is 12.3 Å². The van der Waals surface area contributed by atoms with Crippen molar-refractivity contribution in [3.8, 4) is 0 Å². The largest absolute Gasteiger partial charge is 0.416 e. The van der Waals surface area contributed by atoms with E-state index >= 15 is 0 Å². The number of nitrogens with zero attached hydrogens (tertiary/aromatic N) is 1. The van der Waals surface area contributed by atoms with Crippen LogP contribution in [-0.2, 0) is 12.6 Å². The molecule has 0 atom stereocenters. The number of rotatable bonds is 2. The molecule has 0 spiro atoms. The van der Waals surface area contributed by atoms with Gasteiger partial charge in [-0.25, -0.2) is 4.98 Å². The van der Waals surface area contributed by atoms with Crippen molar-refractivity contribution in [1.82, 2.24) is 4.98 Å². The van der Waals surface area contributed by atoms with Gasteiger partial charge >= 0.3 is 6.18 Å². The lowest BCUT2D eigenvalue weighted by atomic mass is 10.0. The Bertz CT molecular complexity index is 579. The highest BCUT2D eigenvalue weighted by atomic mass is 35.5. The van der Waals surface area contributed by atoms with Crippen LogP contribution in [0.5, 0.6) is 0 Å². The third kappa shape index (κ3) is 3.85. The minimum Gasteiger partial charge on any atom is -0.244 e. The van der Waals surface area contributed by atoms with Crippen molar-refractivity contribution in [3.05, 3.63) is 63.4 Å². The van der Waals surface area contributed by atoms with Gasteiger partial charge in [0.05, 0.1) is 5.56 Å². The van der Waals surface area contributed by atoms with Gasteiger partial charge in [-0.05, 0) is 41.8 Å². The lowest BCUT2D eigenvalue weighted by Crippen LogP contribution is -2.05. The van der Waals surface area contributed by atoms with Crippen molar-refractivity contribution in [3.63, 3.8) is 0 Å². The smallest absolute Gasteiger partial charge is 0.244 e. The van der Waals surface area contributed by atoms with E-state index in [2.05, 4.69) is 4.98 Å². The third-order valence-electron chi connectivity index (χ3n) is 2.48. The second kappa shape index (κ2) is 5.39. The normalized spacial score (nSPS) is 11.6. The van der Waals surface area contributed by atoms with Gasteiger partial charge < -0.3 is 0 Å². The Labute approximate surface area is 118 Å². The van der Waals surface area contributed by atoms with Gasteiger partial charge in [-0.2, -0.15) is 13.2 Å². The van der Waals surface area contributed by atoms with E-state index in [0.29, 0.717) is 17.1 Å². The van der Waals surface area contributed by atoms with Crippen molar-refractivity contribution in [2.24, 2.45) is 0 Å². The summed E-state index contributed by atoms with van der Waals surface area (Å²) in [5.41, 5.74) is 0.487. The zero-order valence-electron chi connectivity index (χ0n) is 9.51. The Morgan fingerprint density at radius 3 is 2.32 bits per heavy atom. The SMILES string of the molecule is FC(F)(F)c1cc(Cl)cc(Cc2ccc(Cl)nc2)c1. The summed E-state index contributed by atoms with van der Waals surface area (Å²) in [6.45, 7) is 0. The average molecular weight is 306 g/mol. The van der Waals surface area contributed by atoms with Crippen LogP contribution in [0.1, 0.15) is 16.7 Å². The Morgan fingerprint density at radius 2 is 1.74 bits per heavy atom. The first-order chi connectivity index (χ1) is 8.84. The Balaban J connectivity index is 2.30. The van der Waals surface area contributed by atoms with Crippen molar-refractivity contribution < 1.29 is 13.2 Å². The lowest BCUT2D eigenvalue weighted by molar-refractivity contribution is -0.137. The summed E-state index contributed by atoms with van der Waals surface area (Å²) < 4.78 is 38.0. The summed E-state index contributed by atoms with van der Waals surface area (Å²) in [6.07, 6.45) is -2.57. The maximum atomic E-state index is 12.7. The van der Waals surface area contributed by atoms with Gasteiger partial charge in [0, 0.05) is 11.2 Å². The number of hydrogen-bond donors (Lipinski definition) is 0. The van der Waals surface area contributed by atoms with Crippen LogP contribution in [-0.4, -0.2) is 4.98 Å². The molecule has 0 unspecified atom stereocenters. The second-order valence-electron chi connectivity index (χ2n) is 4.01. The number of benzene rings is 1. The molecule has 2 aromatic rings. The predicted octanol–water partition coefficient (Wildman–Crippen LogP) is 5.00. The van der Waals surface area contributed by atoms with Crippen molar-refractivity contribution in [2.45, 2.75) is 12.6 Å². The molecule has 0 radical (unpaired) electrons. The van der Waals surface area contributed by atoms with Crippen LogP contribution in [0.25, 0.3) is 0 Å². The fraction of sp³-hybridized carbons (Fsp3) is 0.154. The molecule has 0 fully saturated rings. The van der Waals surface area contributed by atoms with E-state index < -0.39 is 11.7 Å². The minimum absolute atomic E-state index is 0.0618. The predicted molar refractivity (Wildman–Crippen MR) is 68.5 cm³/mol. The van der Waals surface area contributed by atoms with Crippen LogP contribution < -0.4 is 0 Å². The zero-order valence-corrected chi connectivity index (χ0v) is 11.0. The van der Waals surface area contributed by atoms with Gasteiger partial charge in [-0.3, -0.25) is 0 Å². The highest BCUT2D eigenvalue weighted by Gasteiger charge is 2.31. The zero-order chi connectivity index (χ0) is 14.0. The molecule has 2 rings (SSSR count). The number of hydrogen-bond acceptors (Lipinski definition) is 1. The van der Waals surface area contributed by atoms with E-state index in [9.17, 15) is 13.2 Å². The number of pyridine rings is 1. The first-order valence-electron chi connectivity index (χ1n) is 5.32. The Hall–Kier alpha value is -1.26. The van der Waals surface area contributed by atoms with Crippen molar-refractivity contribution in [2.75, 3.05) is 0 Å². The highest BCUT2D eigenvalue weighted by molar-refractivity contribution is 6.30. The molecule has 0 amide bonds. The Morgan fingerprint density at radius 1 is 1.00 bits per heavy atom. The van der Waals surface area contributed by atoms with E-state index in [1.807, 2.05) is 0 Å². The third-order valence-corrected chi connectivity index (χ3v) is 2.92. The summed E-state index contributed by atoms with van der Waals surface area (Å²) in [4.78, 5) is 3.88. The van der Waals surface area contributed by atoms with Crippen LogP contribution in [0.15, 0.2) is 36.5 Å². The molecule has 1 aromatic heterocycles. The van der Waals surface area contributed by atoms with E-state index in [4.69, 9.17) is 23.2 Å². The maximum Gasteiger partial charge on any atom is 0.416 e. The second-order valence-corrected chi connectivity index (χ2v) is 4.84. The fourth-order valence-electron chi connectivity index (χ4n) is 1.66. The van der Waals surface area contributed by atoms with Gasteiger partial charge in [0.15, 0.2) is 0 Å². The van der Waals surface area contributed by atoms with E-state index in [-0.39, 0.29) is 5.02 Å². The van der Waals surface area contributed by atoms with Gasteiger partial charge in [-0.15, -0.1) is 0 Å². The molecule has 6 heteroatoms. The minimum atomic E-state index is -4.40. The number of aromatic nitrogens is 1. The average Bonchev–Trinajstić information content (AvgIpc) is 2.30. The molecular formula is C13H8Cl2F3N. The van der Waals surface area contributed by atoms with Gasteiger partial charge in [0.2, 0.25) is 0 Å². The topological polar surface area (TPSA) is 12.9 Å². The summed E-state index contributed by atoms with van der Waals surface area (Å²) in [5.74, 6) is 0. The van der Waals surface area contributed by atoms with Crippen LogP contribution >= 0.6 is 23.2 Å². The molecular weight excluding hydrogens is 298 g/mol. The standard InChI is InChI=1S/C13H8Cl2F3N/c14-11-5-9(4-10(6-11)13(16,17)18)3-8-1-2-12(15)19-7-8/h1-2,4-7H,3H2. The molecule has 19 heavy (non-hydrogen) atoms. The fourth-order valence-corrected chi connectivity index (χ4v) is 2.03. The number of halogens is 5. The number of alkyl halides is 3. The van der Waals surface area contributed by atoms with Crippen LogP contribution in [0.3, 0.4) is 0 Å². The molecule has 0 N–H and O–H groups in total. The first kappa shape index (κ1) is 14.2. The summed E-state index contributed by atoms with van der Waals surface area (Å²) in [5, 5.41) is 0.401. The van der Waals surface area contributed by atoms with Crippen molar-refractivity contribution >= 4 is 23.2 Å². The lowest BCUT2D eigenvalue weighted by Gasteiger charge is -2.10. The molecule has 0 aliphatic heterocycles. The summed E-state index contributed by atoms with van der Waals surface area (Å²) in [7, 11) is 0. The van der Waals surface area contributed by atoms with Gasteiger partial charge in [-0.1, -0.05) is 29.3 Å². The van der Waals surface area contributed by atoms with Crippen LogP contribution in [0.2, 0.25) is 10.2 Å². The van der Waals surface area contributed by atoms with E-state index in [0.717, 1.165) is 17.7 Å².